The summed E-state index contributed by atoms with van der Waals surface area (Å²) in [6.07, 6.45) is 3.44. The molecule has 0 atom stereocenters. The smallest absolute Gasteiger partial charge is 0.338 e. The quantitative estimate of drug-likeness (QED) is 0.661. The van der Waals surface area contributed by atoms with Crippen LogP contribution in [0.5, 0.6) is 0 Å². The molecule has 0 fully saturated rings. The number of anilines is 1. The van der Waals surface area contributed by atoms with E-state index < -0.39 is 24.5 Å². The Balaban J connectivity index is 1.54. The highest BCUT2D eigenvalue weighted by Crippen LogP contribution is 2.12. The second-order valence-electron chi connectivity index (χ2n) is 5.69. The van der Waals surface area contributed by atoms with Crippen LogP contribution in [-0.4, -0.2) is 41.3 Å². The summed E-state index contributed by atoms with van der Waals surface area (Å²) in [5, 5.41) is 6.66. The summed E-state index contributed by atoms with van der Waals surface area (Å²) in [6, 6.07) is 14.7. The van der Waals surface area contributed by atoms with Crippen molar-refractivity contribution >= 4 is 23.5 Å². The van der Waals surface area contributed by atoms with Gasteiger partial charge in [-0.1, -0.05) is 6.07 Å². The monoisotopic (exact) mass is 379 g/mol. The highest BCUT2D eigenvalue weighted by atomic mass is 16.5. The molecule has 0 bridgehead atoms. The molecule has 0 radical (unpaired) electrons. The molecule has 8 heteroatoms. The van der Waals surface area contributed by atoms with E-state index in [-0.39, 0.29) is 0 Å². The maximum atomic E-state index is 12.1. The molecule has 0 saturated carbocycles. The van der Waals surface area contributed by atoms with E-state index in [2.05, 4.69) is 15.2 Å². The fraction of sp³-hybridized carbons (Fsp3) is 0.100. The van der Waals surface area contributed by atoms with Crippen molar-refractivity contribution in [2.75, 3.05) is 19.0 Å². The third-order valence-corrected chi connectivity index (χ3v) is 3.77. The maximum Gasteiger partial charge on any atom is 0.338 e. The molecule has 0 aliphatic carbocycles. The molecule has 0 spiro atoms. The van der Waals surface area contributed by atoms with Crippen LogP contribution >= 0.6 is 0 Å². The van der Waals surface area contributed by atoms with Crippen LogP contribution in [0.2, 0.25) is 0 Å². The van der Waals surface area contributed by atoms with Crippen LogP contribution in [0.3, 0.4) is 0 Å². The van der Waals surface area contributed by atoms with Crippen LogP contribution in [-0.2, 0) is 14.3 Å². The number of methoxy groups -OCH3 is 1. The zero-order valence-corrected chi connectivity index (χ0v) is 15.0. The van der Waals surface area contributed by atoms with Gasteiger partial charge in [-0.25, -0.2) is 14.3 Å². The third-order valence-electron chi connectivity index (χ3n) is 3.77. The average Bonchev–Trinajstić information content (AvgIpc) is 3.26. The number of hydrogen-bond donors (Lipinski definition) is 1. The molecular weight excluding hydrogens is 362 g/mol. The molecule has 0 aliphatic heterocycles. The van der Waals surface area contributed by atoms with E-state index >= 15 is 0 Å². The molecular formula is C20H17N3O5. The first kappa shape index (κ1) is 18.8. The Labute approximate surface area is 160 Å². The van der Waals surface area contributed by atoms with Gasteiger partial charge in [0, 0.05) is 18.1 Å². The molecule has 142 valence electrons. The van der Waals surface area contributed by atoms with E-state index in [1.54, 1.807) is 65.6 Å². The van der Waals surface area contributed by atoms with Gasteiger partial charge in [0.1, 0.15) is 0 Å². The summed E-state index contributed by atoms with van der Waals surface area (Å²) in [6.45, 7) is -0.456. The second-order valence-corrected chi connectivity index (χ2v) is 5.69. The minimum absolute atomic E-state index is 0.301. The summed E-state index contributed by atoms with van der Waals surface area (Å²) in [5.41, 5.74) is 1.81. The van der Waals surface area contributed by atoms with Crippen molar-refractivity contribution in [3.63, 3.8) is 0 Å². The number of amides is 1. The van der Waals surface area contributed by atoms with E-state index in [1.165, 1.54) is 13.2 Å². The Hall–Kier alpha value is -3.94. The van der Waals surface area contributed by atoms with Crippen molar-refractivity contribution in [2.45, 2.75) is 0 Å². The summed E-state index contributed by atoms with van der Waals surface area (Å²) >= 11 is 0. The molecule has 3 aromatic rings. The van der Waals surface area contributed by atoms with Gasteiger partial charge in [0.25, 0.3) is 5.91 Å². The van der Waals surface area contributed by atoms with Gasteiger partial charge in [-0.05, 0) is 48.5 Å². The normalized spacial score (nSPS) is 10.2. The largest absolute Gasteiger partial charge is 0.465 e. The number of aromatic nitrogens is 2. The zero-order chi connectivity index (χ0) is 19.9. The van der Waals surface area contributed by atoms with Crippen LogP contribution in [0.15, 0.2) is 67.0 Å². The fourth-order valence-corrected chi connectivity index (χ4v) is 2.43. The number of rotatable bonds is 6. The molecule has 2 aromatic carbocycles. The number of esters is 2. The Bertz CT molecular complexity index is 981. The highest BCUT2D eigenvalue weighted by Gasteiger charge is 2.12. The van der Waals surface area contributed by atoms with Gasteiger partial charge >= 0.3 is 11.9 Å². The van der Waals surface area contributed by atoms with Crippen LogP contribution in [0.25, 0.3) is 5.69 Å². The molecule has 1 amide bonds. The van der Waals surface area contributed by atoms with Gasteiger partial charge in [0.05, 0.1) is 23.9 Å². The standard InChI is InChI=1S/C20H17N3O5/c1-27-19(25)15-4-2-5-16(12-15)22-18(24)13-28-20(26)14-6-8-17(9-7-14)23-11-3-10-21-23/h2-12H,13H2,1H3,(H,22,24). The SMILES string of the molecule is COC(=O)c1cccc(NC(=O)COC(=O)c2ccc(-n3cccn3)cc2)c1. The number of nitrogens with one attached hydrogen (secondary N) is 1. The minimum atomic E-state index is -0.620. The first-order valence-corrected chi connectivity index (χ1v) is 8.32. The number of carbonyl (C=O) groups is 3. The Morgan fingerprint density at radius 3 is 2.46 bits per heavy atom. The molecule has 1 aromatic heterocycles. The Morgan fingerprint density at radius 2 is 1.79 bits per heavy atom. The second kappa shape index (κ2) is 8.63. The number of hydrogen-bond acceptors (Lipinski definition) is 6. The summed E-state index contributed by atoms with van der Waals surface area (Å²) in [5.74, 6) is -1.66. The summed E-state index contributed by atoms with van der Waals surface area (Å²) in [4.78, 5) is 35.6. The van der Waals surface area contributed by atoms with E-state index in [0.717, 1.165) is 5.69 Å². The van der Waals surface area contributed by atoms with E-state index in [0.29, 0.717) is 16.8 Å². The molecule has 28 heavy (non-hydrogen) atoms. The van der Waals surface area contributed by atoms with Crippen LogP contribution in [0.4, 0.5) is 5.69 Å². The Kier molecular flexibility index (Phi) is 5.81. The topological polar surface area (TPSA) is 99.5 Å². The van der Waals surface area contributed by atoms with Crippen molar-refractivity contribution in [3.05, 3.63) is 78.1 Å². The number of benzene rings is 2. The lowest BCUT2D eigenvalue weighted by Gasteiger charge is -2.08. The molecule has 0 unspecified atom stereocenters. The van der Waals surface area contributed by atoms with Crippen LogP contribution < -0.4 is 5.32 Å². The van der Waals surface area contributed by atoms with Crippen molar-refractivity contribution < 1.29 is 23.9 Å². The van der Waals surface area contributed by atoms with Crippen molar-refractivity contribution in [3.8, 4) is 5.69 Å². The lowest BCUT2D eigenvalue weighted by Crippen LogP contribution is -2.21. The molecule has 3 rings (SSSR count). The molecule has 0 aliphatic rings. The van der Waals surface area contributed by atoms with Gasteiger partial charge in [-0.3, -0.25) is 4.79 Å². The van der Waals surface area contributed by atoms with Crippen molar-refractivity contribution in [2.24, 2.45) is 0 Å². The van der Waals surface area contributed by atoms with E-state index in [9.17, 15) is 14.4 Å². The summed E-state index contributed by atoms with van der Waals surface area (Å²) < 4.78 is 11.3. The molecule has 0 saturated heterocycles. The number of nitrogens with zero attached hydrogens (tertiary/aromatic N) is 2. The molecule has 8 nitrogen and oxygen atoms in total. The number of ether oxygens (including phenoxy) is 2. The van der Waals surface area contributed by atoms with Gasteiger partial charge in [0.2, 0.25) is 0 Å². The fourth-order valence-electron chi connectivity index (χ4n) is 2.43. The predicted octanol–water partition coefficient (Wildman–Crippen LogP) is 2.45. The Morgan fingerprint density at radius 1 is 1.00 bits per heavy atom. The molecule has 1 N–H and O–H groups in total. The first-order valence-electron chi connectivity index (χ1n) is 8.32. The van der Waals surface area contributed by atoms with Crippen molar-refractivity contribution in [1.82, 2.24) is 9.78 Å². The predicted molar refractivity (Wildman–Crippen MR) is 100 cm³/mol. The maximum absolute atomic E-state index is 12.1. The lowest BCUT2D eigenvalue weighted by atomic mass is 10.2. The number of carbonyl (C=O) groups excluding carboxylic acids is 3. The van der Waals surface area contributed by atoms with Crippen LogP contribution in [0, 0.1) is 0 Å². The first-order chi connectivity index (χ1) is 13.6. The van der Waals surface area contributed by atoms with Crippen LogP contribution in [0.1, 0.15) is 20.7 Å². The van der Waals surface area contributed by atoms with Crippen molar-refractivity contribution in [1.29, 1.82) is 0 Å². The average molecular weight is 379 g/mol. The van der Waals surface area contributed by atoms with Gasteiger partial charge in [-0.15, -0.1) is 0 Å². The van der Waals surface area contributed by atoms with Gasteiger partial charge in [0.15, 0.2) is 6.61 Å². The minimum Gasteiger partial charge on any atom is -0.465 e. The highest BCUT2D eigenvalue weighted by molar-refractivity contribution is 5.97. The van der Waals surface area contributed by atoms with Gasteiger partial charge in [-0.2, -0.15) is 5.10 Å². The summed E-state index contributed by atoms with van der Waals surface area (Å²) in [7, 11) is 1.27. The zero-order valence-electron chi connectivity index (χ0n) is 15.0. The third kappa shape index (κ3) is 4.61. The van der Waals surface area contributed by atoms with E-state index in [4.69, 9.17) is 4.74 Å². The van der Waals surface area contributed by atoms with E-state index in [1.807, 2.05) is 0 Å². The molecule has 1 heterocycles. The lowest BCUT2D eigenvalue weighted by molar-refractivity contribution is -0.119. The van der Waals surface area contributed by atoms with Gasteiger partial charge < -0.3 is 14.8 Å².